The van der Waals surface area contributed by atoms with Crippen LogP contribution in [-0.2, 0) is 6.42 Å². The van der Waals surface area contributed by atoms with E-state index >= 15 is 0 Å². The fourth-order valence-electron chi connectivity index (χ4n) is 2.75. The average molecular weight is 327 g/mol. The first kappa shape index (κ1) is 14.0. The van der Waals surface area contributed by atoms with Crippen LogP contribution >= 0.6 is 22.7 Å². The van der Waals surface area contributed by atoms with E-state index in [1.807, 2.05) is 18.2 Å². The highest BCUT2D eigenvalue weighted by atomic mass is 32.1. The predicted molar refractivity (Wildman–Crippen MR) is 93.9 cm³/mol. The number of thiophene rings is 2. The van der Waals surface area contributed by atoms with E-state index in [9.17, 15) is 4.79 Å². The van der Waals surface area contributed by atoms with Crippen molar-refractivity contribution < 1.29 is 4.79 Å². The van der Waals surface area contributed by atoms with Crippen molar-refractivity contribution in [2.75, 3.05) is 6.54 Å². The maximum Gasteiger partial charge on any atom is 0.264 e. The Morgan fingerprint density at radius 1 is 1.18 bits per heavy atom. The van der Waals surface area contributed by atoms with Crippen LogP contribution in [0.3, 0.4) is 0 Å². The molecule has 2 aromatic heterocycles. The van der Waals surface area contributed by atoms with Crippen LogP contribution in [0.1, 0.15) is 27.4 Å². The summed E-state index contributed by atoms with van der Waals surface area (Å²) in [6.07, 6.45) is 3.27. The largest absolute Gasteiger partial charge is 0.335 e. The van der Waals surface area contributed by atoms with Crippen molar-refractivity contribution in [3.63, 3.8) is 0 Å². The molecular formula is C18H17NOS2. The molecule has 4 heteroatoms. The van der Waals surface area contributed by atoms with Gasteiger partial charge in [0.05, 0.1) is 4.88 Å². The lowest BCUT2D eigenvalue weighted by molar-refractivity contribution is 0.0750. The third kappa shape index (κ3) is 2.81. The van der Waals surface area contributed by atoms with Gasteiger partial charge in [-0.25, -0.2) is 0 Å². The minimum Gasteiger partial charge on any atom is -0.335 e. The molecule has 4 rings (SSSR count). The first-order valence-electron chi connectivity index (χ1n) is 7.63. The second-order valence-corrected chi connectivity index (χ2v) is 7.82. The summed E-state index contributed by atoms with van der Waals surface area (Å²) in [5.74, 6) is 0.209. The molecule has 0 spiro atoms. The topological polar surface area (TPSA) is 20.3 Å². The highest BCUT2D eigenvalue weighted by molar-refractivity contribution is 7.20. The van der Waals surface area contributed by atoms with Gasteiger partial charge in [-0.3, -0.25) is 4.79 Å². The molecule has 0 aliphatic heterocycles. The molecule has 1 saturated carbocycles. The van der Waals surface area contributed by atoms with Gasteiger partial charge in [0.25, 0.3) is 5.91 Å². The highest BCUT2D eigenvalue weighted by Gasteiger charge is 2.33. The number of benzene rings is 1. The van der Waals surface area contributed by atoms with Gasteiger partial charge in [-0.2, -0.15) is 0 Å². The van der Waals surface area contributed by atoms with Crippen LogP contribution in [0.4, 0.5) is 0 Å². The van der Waals surface area contributed by atoms with Crippen molar-refractivity contribution in [3.05, 3.63) is 57.6 Å². The van der Waals surface area contributed by atoms with Gasteiger partial charge in [-0.1, -0.05) is 24.3 Å². The molecule has 1 aromatic carbocycles. The summed E-state index contributed by atoms with van der Waals surface area (Å²) in [6.45, 7) is 0.832. The van der Waals surface area contributed by atoms with Crippen LogP contribution in [-0.4, -0.2) is 23.4 Å². The fraction of sp³-hybridized carbons (Fsp3) is 0.278. The van der Waals surface area contributed by atoms with Gasteiger partial charge in [0.1, 0.15) is 0 Å². The number of rotatable bonds is 5. The summed E-state index contributed by atoms with van der Waals surface area (Å²) in [4.78, 5) is 17.2. The molecule has 22 heavy (non-hydrogen) atoms. The van der Waals surface area contributed by atoms with Crippen LogP contribution in [0, 0.1) is 0 Å². The monoisotopic (exact) mass is 327 g/mol. The lowest BCUT2D eigenvalue weighted by Crippen LogP contribution is -2.34. The molecule has 2 nitrogen and oxygen atoms in total. The van der Waals surface area contributed by atoms with E-state index in [2.05, 4.69) is 34.5 Å². The van der Waals surface area contributed by atoms with E-state index in [4.69, 9.17) is 0 Å². The van der Waals surface area contributed by atoms with Gasteiger partial charge in [0, 0.05) is 22.2 Å². The van der Waals surface area contributed by atoms with E-state index in [1.54, 1.807) is 22.7 Å². The minimum absolute atomic E-state index is 0.209. The predicted octanol–water partition coefficient (Wildman–Crippen LogP) is 4.81. The number of amides is 1. The molecule has 0 N–H and O–H groups in total. The molecule has 0 saturated heterocycles. The number of nitrogens with zero attached hydrogens (tertiary/aromatic N) is 1. The molecule has 0 radical (unpaired) electrons. The minimum atomic E-state index is 0.209. The molecule has 1 aliphatic rings. The van der Waals surface area contributed by atoms with Crippen molar-refractivity contribution in [1.29, 1.82) is 0 Å². The van der Waals surface area contributed by atoms with Crippen LogP contribution in [0.25, 0.3) is 10.1 Å². The molecular weight excluding hydrogens is 310 g/mol. The third-order valence-electron chi connectivity index (χ3n) is 4.06. The number of fused-ring (bicyclic) bond motifs is 1. The van der Waals surface area contributed by atoms with Crippen molar-refractivity contribution in [2.45, 2.75) is 25.3 Å². The van der Waals surface area contributed by atoms with Crippen LogP contribution < -0.4 is 0 Å². The Labute approximate surface area is 138 Å². The third-order valence-corrected chi connectivity index (χ3v) is 6.10. The zero-order valence-corrected chi connectivity index (χ0v) is 13.8. The van der Waals surface area contributed by atoms with E-state index < -0.39 is 0 Å². The van der Waals surface area contributed by atoms with Crippen molar-refractivity contribution in [1.82, 2.24) is 4.90 Å². The second-order valence-electron chi connectivity index (χ2n) is 5.71. The van der Waals surface area contributed by atoms with Crippen molar-refractivity contribution >= 4 is 38.7 Å². The first-order chi connectivity index (χ1) is 10.8. The van der Waals surface area contributed by atoms with Gasteiger partial charge in [0.2, 0.25) is 0 Å². The summed E-state index contributed by atoms with van der Waals surface area (Å²) in [6, 6.07) is 15.0. The van der Waals surface area contributed by atoms with Gasteiger partial charge >= 0.3 is 0 Å². The molecule has 1 fully saturated rings. The molecule has 0 unspecified atom stereocenters. The lowest BCUT2D eigenvalue weighted by Gasteiger charge is -2.21. The lowest BCUT2D eigenvalue weighted by atomic mass is 10.2. The molecule has 0 atom stereocenters. The van der Waals surface area contributed by atoms with Gasteiger partial charge in [-0.05, 0) is 48.2 Å². The van der Waals surface area contributed by atoms with E-state index in [1.165, 1.54) is 15.0 Å². The number of hydrogen-bond acceptors (Lipinski definition) is 3. The highest BCUT2D eigenvalue weighted by Crippen LogP contribution is 2.32. The normalized spacial score (nSPS) is 14.4. The Kier molecular flexibility index (Phi) is 3.72. The first-order valence-corrected chi connectivity index (χ1v) is 9.33. The summed E-state index contributed by atoms with van der Waals surface area (Å²) >= 11 is 3.39. The van der Waals surface area contributed by atoms with E-state index in [-0.39, 0.29) is 5.91 Å². The Morgan fingerprint density at radius 2 is 2.05 bits per heavy atom. The summed E-state index contributed by atoms with van der Waals surface area (Å²) < 4.78 is 1.19. The average Bonchev–Trinajstić information content (AvgIpc) is 3.07. The summed E-state index contributed by atoms with van der Waals surface area (Å²) in [7, 11) is 0. The summed E-state index contributed by atoms with van der Waals surface area (Å²) in [5.41, 5.74) is 0. The molecule has 0 bridgehead atoms. The number of carbonyl (C=O) groups is 1. The van der Waals surface area contributed by atoms with Crippen LogP contribution in [0.2, 0.25) is 0 Å². The maximum absolute atomic E-state index is 12.9. The Hall–Kier alpha value is -1.65. The molecule has 1 aliphatic carbocycles. The van der Waals surface area contributed by atoms with E-state index in [0.717, 1.165) is 30.7 Å². The standard InChI is InChI=1S/C18H17NOS2/c20-18(17-12-13-4-1-2-6-16(13)22-17)19(14-7-8-14)10-9-15-5-3-11-21-15/h1-6,11-12,14H,7-10H2. The van der Waals surface area contributed by atoms with Crippen molar-refractivity contribution in [2.24, 2.45) is 0 Å². The Bertz CT molecular complexity index is 753. The number of hydrogen-bond donors (Lipinski definition) is 0. The molecule has 112 valence electrons. The summed E-state index contributed by atoms with van der Waals surface area (Å²) in [5, 5.41) is 3.27. The second kappa shape index (κ2) is 5.86. The SMILES string of the molecule is O=C(c1cc2ccccc2s1)N(CCc1cccs1)C1CC1. The molecule has 3 aromatic rings. The van der Waals surface area contributed by atoms with Crippen LogP contribution in [0.15, 0.2) is 47.8 Å². The fourth-order valence-corrected chi connectivity index (χ4v) is 4.47. The number of carbonyl (C=O) groups excluding carboxylic acids is 1. The quantitative estimate of drug-likeness (QED) is 0.658. The van der Waals surface area contributed by atoms with Gasteiger partial charge in [0.15, 0.2) is 0 Å². The zero-order valence-electron chi connectivity index (χ0n) is 12.2. The van der Waals surface area contributed by atoms with Crippen LogP contribution in [0.5, 0.6) is 0 Å². The van der Waals surface area contributed by atoms with Gasteiger partial charge in [-0.15, -0.1) is 22.7 Å². The van der Waals surface area contributed by atoms with E-state index in [0.29, 0.717) is 6.04 Å². The maximum atomic E-state index is 12.9. The van der Waals surface area contributed by atoms with Gasteiger partial charge < -0.3 is 4.90 Å². The zero-order chi connectivity index (χ0) is 14.9. The van der Waals surface area contributed by atoms with Crippen molar-refractivity contribution in [3.8, 4) is 0 Å². The Morgan fingerprint density at radius 3 is 2.77 bits per heavy atom. The smallest absolute Gasteiger partial charge is 0.264 e. The molecule has 2 heterocycles. The molecule has 1 amide bonds. The Balaban J connectivity index is 1.54.